The highest BCUT2D eigenvalue weighted by molar-refractivity contribution is 9.11. The number of piperidine rings is 2. The average molecular weight is 1260 g/mol. The van der Waals surface area contributed by atoms with E-state index in [0.29, 0.717) is 93.7 Å². The molecule has 0 spiro atoms. The van der Waals surface area contributed by atoms with Crippen molar-refractivity contribution in [2.45, 2.75) is 101 Å². The number of hydrogen-bond donors (Lipinski definition) is 1. The van der Waals surface area contributed by atoms with Gasteiger partial charge in [0.15, 0.2) is 20.7 Å². The van der Waals surface area contributed by atoms with Gasteiger partial charge < -0.3 is 38.2 Å². The van der Waals surface area contributed by atoms with Gasteiger partial charge in [-0.05, 0) is 122 Å². The summed E-state index contributed by atoms with van der Waals surface area (Å²) in [5.41, 5.74) is 5.68. The molecule has 2 aliphatic heterocycles. The molecule has 6 fully saturated rings. The Kier molecular flexibility index (Phi) is 15.8. The van der Waals surface area contributed by atoms with Gasteiger partial charge in [-0.15, -0.1) is 11.3 Å². The van der Waals surface area contributed by atoms with Crippen molar-refractivity contribution in [3.63, 3.8) is 0 Å². The van der Waals surface area contributed by atoms with Gasteiger partial charge in [-0.25, -0.2) is 28.3 Å². The monoisotopic (exact) mass is 1250 g/mol. The molecular formula is C56H49BrCl4F2N6O8S2. The van der Waals surface area contributed by atoms with Crippen molar-refractivity contribution in [1.29, 1.82) is 0 Å². The number of anilines is 1. The van der Waals surface area contributed by atoms with E-state index in [-0.39, 0.29) is 34.3 Å². The van der Waals surface area contributed by atoms with E-state index in [4.69, 9.17) is 69.7 Å². The van der Waals surface area contributed by atoms with Crippen LogP contribution in [0.15, 0.2) is 73.6 Å². The van der Waals surface area contributed by atoms with Gasteiger partial charge in [-0.3, -0.25) is 0 Å². The lowest BCUT2D eigenvalue weighted by Gasteiger charge is -2.31. The molecule has 412 valence electrons. The van der Waals surface area contributed by atoms with Crippen molar-refractivity contribution in [3.05, 3.63) is 130 Å². The van der Waals surface area contributed by atoms with Crippen LogP contribution in [-0.2, 0) is 32.2 Å². The third kappa shape index (κ3) is 11.2. The fourth-order valence-corrected chi connectivity index (χ4v) is 15.0. The van der Waals surface area contributed by atoms with Gasteiger partial charge in [0.25, 0.3) is 0 Å². The summed E-state index contributed by atoms with van der Waals surface area (Å²) >= 11 is 31.6. The molecule has 14 rings (SSSR count). The third-order valence-electron chi connectivity index (χ3n) is 15.5. The lowest BCUT2D eigenvalue weighted by atomic mass is 10.0. The molecule has 1 N–H and O–H groups in total. The minimum absolute atomic E-state index is 0.0832. The number of rotatable bonds is 13. The predicted molar refractivity (Wildman–Crippen MR) is 303 cm³/mol. The van der Waals surface area contributed by atoms with Crippen LogP contribution in [0.5, 0.6) is 0 Å². The van der Waals surface area contributed by atoms with E-state index < -0.39 is 23.6 Å². The number of nitrogens with zero attached hydrogens (tertiary/aromatic N) is 5. The maximum absolute atomic E-state index is 14.7. The second-order valence-electron chi connectivity index (χ2n) is 20.6. The van der Waals surface area contributed by atoms with Crippen LogP contribution >= 0.6 is 85.0 Å². The fraction of sp³-hybridized carbons (Fsp3) is 0.393. The molecule has 8 aromatic rings. The molecule has 6 unspecified atom stereocenters. The van der Waals surface area contributed by atoms with Crippen LogP contribution in [0.25, 0.3) is 42.9 Å². The molecular weight excluding hydrogens is 1210 g/mol. The lowest BCUT2D eigenvalue weighted by molar-refractivity contribution is 0.00913. The molecule has 6 heterocycles. The number of hydrogen-bond acceptors (Lipinski definition) is 16. The van der Waals surface area contributed by atoms with Crippen molar-refractivity contribution < 1.29 is 46.4 Å². The van der Waals surface area contributed by atoms with E-state index >= 15 is 0 Å². The highest BCUT2D eigenvalue weighted by Crippen LogP contribution is 2.50. The van der Waals surface area contributed by atoms with E-state index in [1.54, 1.807) is 24.3 Å². The zero-order chi connectivity index (χ0) is 54.8. The first-order valence-electron chi connectivity index (χ1n) is 25.8. The van der Waals surface area contributed by atoms with E-state index in [0.717, 1.165) is 103 Å². The van der Waals surface area contributed by atoms with Crippen LogP contribution in [-0.4, -0.2) is 83.8 Å². The van der Waals surface area contributed by atoms with Gasteiger partial charge in [-0.2, -0.15) is 0 Å². The van der Waals surface area contributed by atoms with E-state index in [9.17, 15) is 18.4 Å². The largest absolute Gasteiger partial charge is 0.465 e. The van der Waals surface area contributed by atoms with Crippen LogP contribution in [0.3, 0.4) is 0 Å². The minimum atomic E-state index is -0.566. The van der Waals surface area contributed by atoms with E-state index in [2.05, 4.69) is 51.2 Å². The number of ether oxygens (including phenoxy) is 4. The smallest absolute Gasteiger partial charge is 0.338 e. The summed E-state index contributed by atoms with van der Waals surface area (Å²) in [4.78, 5) is 33.9. The van der Waals surface area contributed by atoms with Crippen molar-refractivity contribution in [1.82, 2.24) is 25.6 Å². The van der Waals surface area contributed by atoms with E-state index in [1.807, 2.05) is 24.3 Å². The summed E-state index contributed by atoms with van der Waals surface area (Å²) in [6.45, 7) is 2.74. The van der Waals surface area contributed by atoms with Crippen LogP contribution in [0.4, 0.5) is 13.9 Å². The highest BCUT2D eigenvalue weighted by atomic mass is 79.9. The summed E-state index contributed by atoms with van der Waals surface area (Å²) in [5.74, 6) is 1.44. The Morgan fingerprint density at radius 1 is 0.696 bits per heavy atom. The first-order chi connectivity index (χ1) is 38.2. The first-order valence-corrected chi connectivity index (χ1v) is 29.8. The number of carbonyl (C=O) groups is 2. The molecule has 14 nitrogen and oxygen atoms in total. The summed E-state index contributed by atoms with van der Waals surface area (Å²) in [6, 6.07) is 17.3. The van der Waals surface area contributed by atoms with Gasteiger partial charge in [0, 0.05) is 65.2 Å². The summed E-state index contributed by atoms with van der Waals surface area (Å²) in [7, 11) is 2.54. The van der Waals surface area contributed by atoms with Crippen molar-refractivity contribution in [2.24, 2.45) is 11.8 Å². The average Bonchev–Trinajstić information content (AvgIpc) is 3.83. The number of thiazole rings is 2. The predicted octanol–water partition coefficient (Wildman–Crippen LogP) is 15.0. The number of methoxy groups -OCH3 is 2. The second-order valence-corrected chi connectivity index (χ2v) is 25.6. The number of aromatic nitrogens is 4. The Labute approximate surface area is 488 Å². The van der Waals surface area contributed by atoms with Gasteiger partial charge >= 0.3 is 11.9 Å². The van der Waals surface area contributed by atoms with Gasteiger partial charge in [0.05, 0.1) is 80.3 Å². The van der Waals surface area contributed by atoms with Crippen molar-refractivity contribution >= 4 is 123 Å². The normalized spacial score (nSPS) is 21.9. The maximum atomic E-state index is 14.7. The maximum Gasteiger partial charge on any atom is 0.338 e. The third-order valence-corrected chi connectivity index (χ3v) is 19.3. The fourth-order valence-electron chi connectivity index (χ4n) is 11.3. The molecule has 2 saturated heterocycles. The zero-order valence-electron chi connectivity index (χ0n) is 42.3. The van der Waals surface area contributed by atoms with Gasteiger partial charge in [-0.1, -0.05) is 80.2 Å². The molecule has 4 aromatic carbocycles. The summed E-state index contributed by atoms with van der Waals surface area (Å²) in [6.07, 6.45) is 9.01. The molecule has 4 bridgehead atoms. The lowest BCUT2D eigenvalue weighted by Crippen LogP contribution is -2.38. The number of halogens is 7. The van der Waals surface area contributed by atoms with Crippen LogP contribution in [0.1, 0.15) is 107 Å². The molecule has 6 atom stereocenters. The number of nitrogens with one attached hydrogen (secondary N) is 1. The van der Waals surface area contributed by atoms with Crippen LogP contribution < -0.4 is 10.2 Å². The Balaban J connectivity index is 0.000000132. The Morgan fingerprint density at radius 3 is 1.66 bits per heavy atom. The van der Waals surface area contributed by atoms with E-state index in [1.165, 1.54) is 49.4 Å². The Hall–Kier alpha value is -4.80. The van der Waals surface area contributed by atoms with Gasteiger partial charge in [0.1, 0.15) is 33.9 Å². The van der Waals surface area contributed by atoms with Crippen molar-refractivity contribution in [2.75, 3.05) is 32.2 Å². The van der Waals surface area contributed by atoms with Crippen LogP contribution in [0.2, 0.25) is 20.1 Å². The SMILES string of the molecule is COC(=O)c1cc(F)c2nc(Br)sc2c1.COC(=O)c1cc(F)c2nc(N3CC4CC3CC4OCc3c(-c4c(Cl)cccc4Cl)noc3C3CC3)sc2c1.Clc1cccc(Cl)c1-c1noc(C2CC2)c1COC1CC2CC1CN2. The standard InChI is InChI=1S/C28H24Cl2FN3O4S.C19H20Cl2N2O2.C9H5BrFNO2S/c1-36-27(35)14-8-20(31)25-22(9-14)39-28(32-25)34-11-15-7-16(34)10-21(15)37-12-17-24(33-38-26(17)13-5-6-13)23-18(29)3-2-4-19(23)30;20-14-2-1-3-15(21)17(14)18-13(19(25-23-18)10-4-5-10)9-24-16-7-12-6-11(16)8-22-12;1-14-8(13)4-2-5(11)7-6(3-4)15-9(10)12-7/h2-4,8-9,13,15-16,21H,5-7,10-12H2,1H3;1-3,10-12,16,22H,4-9H2;2-3H,1H3. The first kappa shape index (κ1) is 54.8. The highest BCUT2D eigenvalue weighted by Gasteiger charge is 2.47. The topological polar surface area (TPSA) is 164 Å². The summed E-state index contributed by atoms with van der Waals surface area (Å²) < 4.78 is 63.6. The molecule has 4 aliphatic carbocycles. The Bertz CT molecular complexity index is 3610. The molecule has 4 aromatic heterocycles. The Morgan fingerprint density at radius 2 is 1.20 bits per heavy atom. The number of benzene rings is 4. The molecule has 0 radical (unpaired) electrons. The zero-order valence-corrected chi connectivity index (χ0v) is 48.6. The van der Waals surface area contributed by atoms with Gasteiger partial charge in [0.2, 0.25) is 0 Å². The summed E-state index contributed by atoms with van der Waals surface area (Å²) in [5, 5.41) is 15.2. The molecule has 23 heteroatoms. The second kappa shape index (κ2) is 22.9. The molecule has 79 heavy (non-hydrogen) atoms. The number of esters is 2. The molecule has 6 aliphatic rings. The quantitative estimate of drug-likeness (QED) is 0.108. The number of fused-ring (bicyclic) bond motifs is 6. The van der Waals surface area contributed by atoms with Crippen LogP contribution in [0, 0.1) is 23.5 Å². The molecule has 4 saturated carbocycles. The number of carbonyl (C=O) groups excluding carboxylic acids is 2. The van der Waals surface area contributed by atoms with Crippen molar-refractivity contribution in [3.8, 4) is 22.5 Å². The minimum Gasteiger partial charge on any atom is -0.465 e. The molecule has 0 amide bonds.